The minimum Gasteiger partial charge on any atom is -0.481 e. The number of carbonyl (C=O) groups is 2. The number of nitrogens with zero attached hydrogens (tertiary/aromatic N) is 1. The van der Waals surface area contributed by atoms with E-state index in [-0.39, 0.29) is 12.5 Å². The molecule has 0 saturated carbocycles. The Morgan fingerprint density at radius 3 is 2.38 bits per heavy atom. The number of amides is 1. The van der Waals surface area contributed by atoms with Crippen LogP contribution in [0.1, 0.15) is 19.8 Å². The van der Waals surface area contributed by atoms with Gasteiger partial charge in [-0.1, -0.05) is 42.5 Å². The van der Waals surface area contributed by atoms with Crippen LogP contribution in [0, 0.1) is 5.92 Å². The number of aliphatic carboxylic acids is 1. The molecule has 5 nitrogen and oxygen atoms in total. The van der Waals surface area contributed by atoms with Crippen molar-refractivity contribution < 1.29 is 19.4 Å². The van der Waals surface area contributed by atoms with Crippen molar-refractivity contribution in [3.8, 4) is 16.9 Å². The molecule has 2 unspecified atom stereocenters. The molecule has 1 heterocycles. The van der Waals surface area contributed by atoms with Crippen LogP contribution in [0.5, 0.6) is 5.75 Å². The second-order valence-corrected chi connectivity index (χ2v) is 6.61. The zero-order chi connectivity index (χ0) is 18.5. The van der Waals surface area contributed by atoms with Crippen LogP contribution < -0.4 is 4.74 Å². The standard InChI is InChI=1S/C21H23NO4/c1-15(20(23)22-13-5-8-18(14-22)21(24)25)26-19-11-9-17(10-12-19)16-6-3-2-4-7-16/h2-4,6-7,9-12,15,18H,5,8,13-14H2,1H3,(H,24,25). The summed E-state index contributed by atoms with van der Waals surface area (Å²) in [5, 5.41) is 9.16. The second-order valence-electron chi connectivity index (χ2n) is 6.61. The third-order valence-electron chi connectivity index (χ3n) is 4.70. The third-order valence-corrected chi connectivity index (χ3v) is 4.70. The van der Waals surface area contributed by atoms with Crippen LogP contribution >= 0.6 is 0 Å². The maximum atomic E-state index is 12.6. The molecular formula is C21H23NO4. The molecular weight excluding hydrogens is 330 g/mol. The highest BCUT2D eigenvalue weighted by Gasteiger charge is 2.30. The molecule has 1 fully saturated rings. The van der Waals surface area contributed by atoms with Crippen molar-refractivity contribution in [3.63, 3.8) is 0 Å². The summed E-state index contributed by atoms with van der Waals surface area (Å²) in [6.07, 6.45) is 0.682. The Balaban J connectivity index is 1.61. The lowest BCUT2D eigenvalue weighted by molar-refractivity contribution is -0.147. The zero-order valence-electron chi connectivity index (χ0n) is 14.8. The van der Waals surface area contributed by atoms with Crippen molar-refractivity contribution >= 4 is 11.9 Å². The zero-order valence-corrected chi connectivity index (χ0v) is 14.8. The van der Waals surface area contributed by atoms with Gasteiger partial charge in [-0.25, -0.2) is 0 Å². The first-order valence-corrected chi connectivity index (χ1v) is 8.88. The number of rotatable bonds is 5. The fourth-order valence-electron chi connectivity index (χ4n) is 3.25. The molecule has 0 aromatic heterocycles. The Morgan fingerprint density at radius 2 is 1.73 bits per heavy atom. The van der Waals surface area contributed by atoms with Crippen molar-refractivity contribution in [1.82, 2.24) is 4.90 Å². The van der Waals surface area contributed by atoms with Crippen molar-refractivity contribution in [2.45, 2.75) is 25.9 Å². The van der Waals surface area contributed by atoms with Gasteiger partial charge in [0.1, 0.15) is 5.75 Å². The van der Waals surface area contributed by atoms with Crippen molar-refractivity contribution in [2.75, 3.05) is 13.1 Å². The lowest BCUT2D eigenvalue weighted by Crippen LogP contribution is -2.47. The van der Waals surface area contributed by atoms with E-state index in [4.69, 9.17) is 9.84 Å². The SMILES string of the molecule is CC(Oc1ccc(-c2ccccc2)cc1)C(=O)N1CCCC(C(=O)O)C1. The van der Waals surface area contributed by atoms with Gasteiger partial charge in [-0.05, 0) is 43.0 Å². The summed E-state index contributed by atoms with van der Waals surface area (Å²) in [5.74, 6) is -0.863. The van der Waals surface area contributed by atoms with Gasteiger partial charge in [0, 0.05) is 13.1 Å². The number of likely N-dealkylation sites (tertiary alicyclic amines) is 1. The Hall–Kier alpha value is -2.82. The molecule has 1 N–H and O–H groups in total. The van der Waals surface area contributed by atoms with E-state index in [2.05, 4.69) is 0 Å². The first-order chi connectivity index (χ1) is 12.5. The van der Waals surface area contributed by atoms with Gasteiger partial charge in [-0.3, -0.25) is 9.59 Å². The number of hydrogen-bond acceptors (Lipinski definition) is 3. The largest absolute Gasteiger partial charge is 0.481 e. The summed E-state index contributed by atoms with van der Waals surface area (Å²) in [6, 6.07) is 17.7. The highest BCUT2D eigenvalue weighted by molar-refractivity contribution is 5.82. The van der Waals surface area contributed by atoms with E-state index in [0.29, 0.717) is 25.1 Å². The summed E-state index contributed by atoms with van der Waals surface area (Å²) in [6.45, 7) is 2.55. The highest BCUT2D eigenvalue weighted by atomic mass is 16.5. The van der Waals surface area contributed by atoms with Crippen LogP contribution in [0.25, 0.3) is 11.1 Å². The van der Waals surface area contributed by atoms with Gasteiger partial charge in [-0.15, -0.1) is 0 Å². The molecule has 0 spiro atoms. The van der Waals surface area contributed by atoms with Crippen LogP contribution in [0.4, 0.5) is 0 Å². The Labute approximate surface area is 153 Å². The van der Waals surface area contributed by atoms with E-state index in [1.54, 1.807) is 11.8 Å². The van der Waals surface area contributed by atoms with Crippen LogP contribution in [-0.4, -0.2) is 41.1 Å². The molecule has 0 aliphatic carbocycles. The molecule has 136 valence electrons. The maximum absolute atomic E-state index is 12.6. The molecule has 1 saturated heterocycles. The summed E-state index contributed by atoms with van der Waals surface area (Å²) < 4.78 is 5.78. The van der Waals surface area contributed by atoms with E-state index in [1.807, 2.05) is 54.6 Å². The average molecular weight is 353 g/mol. The molecule has 1 aliphatic rings. The number of piperidine rings is 1. The minimum atomic E-state index is -0.840. The first-order valence-electron chi connectivity index (χ1n) is 8.88. The Bertz CT molecular complexity index is 757. The van der Waals surface area contributed by atoms with Gasteiger partial charge in [0.15, 0.2) is 6.10 Å². The normalized spacial score (nSPS) is 18.2. The molecule has 1 amide bonds. The molecule has 2 aromatic carbocycles. The Morgan fingerprint density at radius 1 is 1.08 bits per heavy atom. The van der Waals surface area contributed by atoms with Crippen molar-refractivity contribution in [1.29, 1.82) is 0 Å². The molecule has 1 aliphatic heterocycles. The molecule has 0 radical (unpaired) electrons. The van der Waals surface area contributed by atoms with E-state index in [9.17, 15) is 9.59 Å². The number of hydrogen-bond donors (Lipinski definition) is 1. The van der Waals surface area contributed by atoms with E-state index in [0.717, 1.165) is 11.1 Å². The predicted molar refractivity (Wildman–Crippen MR) is 98.9 cm³/mol. The van der Waals surface area contributed by atoms with Crippen LogP contribution in [0.15, 0.2) is 54.6 Å². The van der Waals surface area contributed by atoms with Crippen molar-refractivity contribution in [3.05, 3.63) is 54.6 Å². The topological polar surface area (TPSA) is 66.8 Å². The van der Waals surface area contributed by atoms with E-state index in [1.165, 1.54) is 0 Å². The maximum Gasteiger partial charge on any atom is 0.308 e. The monoisotopic (exact) mass is 353 g/mol. The fraction of sp³-hybridized carbons (Fsp3) is 0.333. The Kier molecular flexibility index (Phi) is 5.56. The highest BCUT2D eigenvalue weighted by Crippen LogP contribution is 2.23. The van der Waals surface area contributed by atoms with Crippen LogP contribution in [0.2, 0.25) is 0 Å². The molecule has 3 rings (SSSR count). The molecule has 5 heteroatoms. The smallest absolute Gasteiger partial charge is 0.308 e. The molecule has 2 atom stereocenters. The van der Waals surface area contributed by atoms with Gasteiger partial charge in [-0.2, -0.15) is 0 Å². The predicted octanol–water partition coefficient (Wildman–Crippen LogP) is 3.44. The number of carboxylic acids is 1. The van der Waals surface area contributed by atoms with Gasteiger partial charge in [0.05, 0.1) is 5.92 Å². The lowest BCUT2D eigenvalue weighted by Gasteiger charge is -2.32. The number of ether oxygens (including phenoxy) is 1. The number of benzene rings is 2. The van der Waals surface area contributed by atoms with Gasteiger partial charge in [0.25, 0.3) is 5.91 Å². The number of carbonyl (C=O) groups excluding carboxylic acids is 1. The summed E-state index contributed by atoms with van der Waals surface area (Å²) >= 11 is 0. The molecule has 26 heavy (non-hydrogen) atoms. The lowest BCUT2D eigenvalue weighted by atomic mass is 9.98. The minimum absolute atomic E-state index is 0.164. The molecule has 2 aromatic rings. The van der Waals surface area contributed by atoms with E-state index >= 15 is 0 Å². The third kappa shape index (κ3) is 4.23. The summed E-state index contributed by atoms with van der Waals surface area (Å²) in [5.41, 5.74) is 2.20. The van der Waals surface area contributed by atoms with Gasteiger partial charge >= 0.3 is 5.97 Å². The van der Waals surface area contributed by atoms with Crippen LogP contribution in [0.3, 0.4) is 0 Å². The fourth-order valence-corrected chi connectivity index (χ4v) is 3.25. The summed E-state index contributed by atoms with van der Waals surface area (Å²) in [4.78, 5) is 25.3. The van der Waals surface area contributed by atoms with Crippen molar-refractivity contribution in [2.24, 2.45) is 5.92 Å². The van der Waals surface area contributed by atoms with E-state index < -0.39 is 18.0 Å². The average Bonchev–Trinajstić information content (AvgIpc) is 2.68. The van der Waals surface area contributed by atoms with Gasteiger partial charge in [0.2, 0.25) is 0 Å². The van der Waals surface area contributed by atoms with Gasteiger partial charge < -0.3 is 14.7 Å². The second kappa shape index (κ2) is 8.04. The van der Waals surface area contributed by atoms with Crippen LogP contribution in [-0.2, 0) is 9.59 Å². The summed E-state index contributed by atoms with van der Waals surface area (Å²) in [7, 11) is 0. The number of carboxylic acid groups (broad SMARTS) is 1. The molecule has 0 bridgehead atoms. The quantitative estimate of drug-likeness (QED) is 0.894. The first kappa shape index (κ1) is 18.0.